The fourth-order valence-corrected chi connectivity index (χ4v) is 5.16. The molecule has 1 saturated heterocycles. The molecule has 0 amide bonds. The second kappa shape index (κ2) is 9.22. The molecule has 0 unspecified atom stereocenters. The van der Waals surface area contributed by atoms with Crippen LogP contribution in [-0.2, 0) is 6.42 Å². The molecule has 0 atom stereocenters. The Kier molecular flexibility index (Phi) is 6.56. The molecular weight excluding hydrogens is 431 g/mol. The standard InChI is InChI=1S/C25H28F3N3S/c1-4-16-12-20-18(13-21(16)31-14-25(5-2,6-3)15-31)19(10-11-29-20)30-32-22-9-7-8-17(23(22)26)24(27)28/h7-13,24H,4-6,14-15H2,1-3H3,(H,29,30). The van der Waals surface area contributed by atoms with Gasteiger partial charge in [0.1, 0.15) is 5.82 Å². The van der Waals surface area contributed by atoms with E-state index in [1.54, 1.807) is 6.20 Å². The van der Waals surface area contributed by atoms with E-state index in [4.69, 9.17) is 0 Å². The first-order chi connectivity index (χ1) is 15.4. The van der Waals surface area contributed by atoms with Gasteiger partial charge >= 0.3 is 0 Å². The van der Waals surface area contributed by atoms with E-state index in [1.807, 2.05) is 6.07 Å². The third kappa shape index (κ3) is 4.15. The molecule has 0 saturated carbocycles. The highest BCUT2D eigenvalue weighted by Gasteiger charge is 2.40. The lowest BCUT2D eigenvalue weighted by atomic mass is 9.74. The van der Waals surface area contributed by atoms with Crippen molar-refractivity contribution in [3.63, 3.8) is 0 Å². The highest BCUT2D eigenvalue weighted by Crippen LogP contribution is 2.43. The Balaban J connectivity index is 1.64. The van der Waals surface area contributed by atoms with Crippen LogP contribution in [0.1, 0.15) is 51.2 Å². The predicted octanol–water partition coefficient (Wildman–Crippen LogP) is 7.62. The Morgan fingerprint density at radius 1 is 1.12 bits per heavy atom. The number of rotatable bonds is 8. The molecule has 0 radical (unpaired) electrons. The van der Waals surface area contributed by atoms with E-state index < -0.39 is 17.8 Å². The second-order valence-electron chi connectivity index (χ2n) is 8.44. The minimum atomic E-state index is -2.85. The van der Waals surface area contributed by atoms with Crippen LogP contribution in [0.25, 0.3) is 10.9 Å². The van der Waals surface area contributed by atoms with Crippen LogP contribution in [0.3, 0.4) is 0 Å². The van der Waals surface area contributed by atoms with E-state index in [9.17, 15) is 13.2 Å². The van der Waals surface area contributed by atoms with Crippen molar-refractivity contribution in [1.29, 1.82) is 0 Å². The molecule has 1 fully saturated rings. The summed E-state index contributed by atoms with van der Waals surface area (Å²) < 4.78 is 43.7. The Morgan fingerprint density at radius 2 is 1.88 bits per heavy atom. The third-order valence-corrected chi connectivity index (χ3v) is 7.57. The number of nitrogens with zero attached hydrogens (tertiary/aromatic N) is 2. The maximum Gasteiger partial charge on any atom is 0.266 e. The molecule has 1 aliphatic heterocycles. The van der Waals surface area contributed by atoms with Crippen molar-refractivity contribution in [3.8, 4) is 0 Å². The molecule has 3 aromatic rings. The largest absolute Gasteiger partial charge is 0.370 e. The minimum absolute atomic E-state index is 0.136. The number of benzene rings is 2. The monoisotopic (exact) mass is 459 g/mol. The van der Waals surface area contributed by atoms with E-state index >= 15 is 0 Å². The molecule has 1 aliphatic rings. The molecule has 1 aromatic heterocycles. The maximum atomic E-state index is 14.4. The summed E-state index contributed by atoms with van der Waals surface area (Å²) in [4.78, 5) is 7.09. The van der Waals surface area contributed by atoms with Gasteiger partial charge in [-0.05, 0) is 61.0 Å². The van der Waals surface area contributed by atoms with Gasteiger partial charge in [0.2, 0.25) is 0 Å². The number of hydrogen-bond donors (Lipinski definition) is 1. The second-order valence-corrected chi connectivity index (χ2v) is 9.29. The zero-order valence-electron chi connectivity index (χ0n) is 18.6. The van der Waals surface area contributed by atoms with Gasteiger partial charge in [-0.25, -0.2) is 13.2 Å². The number of aromatic nitrogens is 1. The lowest BCUT2D eigenvalue weighted by Crippen LogP contribution is -2.56. The lowest BCUT2D eigenvalue weighted by Gasteiger charge is -2.51. The fourth-order valence-electron chi connectivity index (χ4n) is 4.41. The molecule has 32 heavy (non-hydrogen) atoms. The van der Waals surface area contributed by atoms with E-state index in [-0.39, 0.29) is 4.90 Å². The maximum absolute atomic E-state index is 14.4. The minimum Gasteiger partial charge on any atom is -0.370 e. The van der Waals surface area contributed by atoms with Gasteiger partial charge in [-0.15, -0.1) is 0 Å². The van der Waals surface area contributed by atoms with Crippen molar-refractivity contribution in [2.45, 2.75) is 51.4 Å². The van der Waals surface area contributed by atoms with E-state index in [2.05, 4.69) is 47.5 Å². The molecule has 0 bridgehead atoms. The zero-order valence-corrected chi connectivity index (χ0v) is 19.4. The van der Waals surface area contributed by atoms with Crippen LogP contribution >= 0.6 is 11.9 Å². The molecular formula is C25H28F3N3S. The van der Waals surface area contributed by atoms with Crippen molar-refractivity contribution in [1.82, 2.24) is 4.98 Å². The van der Waals surface area contributed by atoms with Crippen molar-refractivity contribution in [3.05, 3.63) is 59.5 Å². The molecule has 2 aromatic carbocycles. The highest BCUT2D eigenvalue weighted by atomic mass is 32.2. The number of hydrogen-bond acceptors (Lipinski definition) is 4. The van der Waals surface area contributed by atoms with Crippen LogP contribution in [0.2, 0.25) is 0 Å². The van der Waals surface area contributed by atoms with Gasteiger partial charge in [0, 0.05) is 35.8 Å². The molecule has 0 aliphatic carbocycles. The van der Waals surface area contributed by atoms with Crippen LogP contribution in [0.5, 0.6) is 0 Å². The quantitative estimate of drug-likeness (QED) is 0.351. The van der Waals surface area contributed by atoms with Crippen LogP contribution < -0.4 is 9.62 Å². The Hall–Kier alpha value is -2.41. The van der Waals surface area contributed by atoms with Gasteiger partial charge in [-0.1, -0.05) is 32.9 Å². The number of anilines is 2. The molecule has 4 rings (SSSR count). The average molecular weight is 460 g/mol. The summed E-state index contributed by atoms with van der Waals surface area (Å²) in [5, 5.41) is 0.933. The number of alkyl halides is 2. The fraction of sp³-hybridized carbons (Fsp3) is 0.400. The van der Waals surface area contributed by atoms with Crippen molar-refractivity contribution >= 4 is 34.2 Å². The third-order valence-electron chi connectivity index (χ3n) is 6.72. The van der Waals surface area contributed by atoms with E-state index in [0.717, 1.165) is 54.1 Å². The topological polar surface area (TPSA) is 28.2 Å². The van der Waals surface area contributed by atoms with Gasteiger partial charge in [0.05, 0.1) is 21.7 Å². The van der Waals surface area contributed by atoms with Crippen LogP contribution in [0, 0.1) is 11.2 Å². The first-order valence-corrected chi connectivity index (χ1v) is 11.9. The molecule has 1 N–H and O–H groups in total. The first kappa shape index (κ1) is 22.8. The Labute approximate surface area is 191 Å². The summed E-state index contributed by atoms with van der Waals surface area (Å²) in [6.07, 6.45) is 2.11. The zero-order chi connectivity index (χ0) is 22.9. The summed E-state index contributed by atoms with van der Waals surface area (Å²) >= 11 is 0.998. The first-order valence-electron chi connectivity index (χ1n) is 11.1. The number of fused-ring (bicyclic) bond motifs is 1. The van der Waals surface area contributed by atoms with Crippen molar-refractivity contribution in [2.75, 3.05) is 22.7 Å². The van der Waals surface area contributed by atoms with Crippen LogP contribution in [-0.4, -0.2) is 18.1 Å². The summed E-state index contributed by atoms with van der Waals surface area (Å²) in [7, 11) is 0. The summed E-state index contributed by atoms with van der Waals surface area (Å²) in [6.45, 7) is 8.75. The molecule has 3 nitrogen and oxygen atoms in total. The normalized spacial score (nSPS) is 15.3. The van der Waals surface area contributed by atoms with Gasteiger partial charge in [0.15, 0.2) is 0 Å². The van der Waals surface area contributed by atoms with E-state index in [1.165, 1.54) is 36.2 Å². The number of halogens is 3. The Bertz CT molecular complexity index is 1110. The van der Waals surface area contributed by atoms with E-state index in [0.29, 0.717) is 5.41 Å². The van der Waals surface area contributed by atoms with Crippen molar-refractivity contribution in [2.24, 2.45) is 5.41 Å². The predicted molar refractivity (Wildman–Crippen MR) is 127 cm³/mol. The SMILES string of the molecule is CCc1cc2nccc(NSc3cccc(C(F)F)c3F)c2cc1N1CC(CC)(CC)C1. The number of nitrogens with one attached hydrogen (secondary N) is 1. The summed E-state index contributed by atoms with van der Waals surface area (Å²) in [6, 6.07) is 10.2. The molecule has 2 heterocycles. The summed E-state index contributed by atoms with van der Waals surface area (Å²) in [5.74, 6) is -0.886. The highest BCUT2D eigenvalue weighted by molar-refractivity contribution is 8.00. The summed E-state index contributed by atoms with van der Waals surface area (Å²) in [5.41, 5.74) is 3.91. The Morgan fingerprint density at radius 3 is 2.53 bits per heavy atom. The average Bonchev–Trinajstić information content (AvgIpc) is 2.77. The molecule has 170 valence electrons. The lowest BCUT2D eigenvalue weighted by molar-refractivity contribution is 0.145. The van der Waals surface area contributed by atoms with Crippen LogP contribution in [0.15, 0.2) is 47.5 Å². The van der Waals surface area contributed by atoms with Gasteiger partial charge < -0.3 is 9.62 Å². The number of pyridine rings is 1. The molecule has 7 heteroatoms. The van der Waals surface area contributed by atoms with Crippen molar-refractivity contribution < 1.29 is 13.2 Å². The van der Waals surface area contributed by atoms with Gasteiger partial charge in [-0.2, -0.15) is 0 Å². The van der Waals surface area contributed by atoms with Gasteiger partial charge in [0.25, 0.3) is 6.43 Å². The van der Waals surface area contributed by atoms with Crippen LogP contribution in [0.4, 0.5) is 24.5 Å². The smallest absolute Gasteiger partial charge is 0.266 e. The van der Waals surface area contributed by atoms with Gasteiger partial charge in [-0.3, -0.25) is 4.98 Å². The molecule has 0 spiro atoms. The number of aryl methyl sites for hydroxylation is 1.